The van der Waals surface area contributed by atoms with Crippen molar-refractivity contribution in [3.05, 3.63) is 82.7 Å². The number of pyridine rings is 1. The maximum absolute atomic E-state index is 13.5. The van der Waals surface area contributed by atoms with E-state index in [0.717, 1.165) is 47.6 Å². The van der Waals surface area contributed by atoms with Gasteiger partial charge in [0.2, 0.25) is 0 Å². The van der Waals surface area contributed by atoms with Gasteiger partial charge < -0.3 is 20.4 Å². The standard InChI is InChI=1S/C35H49N5O2/c1-24-31(26-11-13-27(14-12-26)32(41)37-23-34(2,3)4)20-30(21-36-24)38-33(42)28-17-25(18-29(19-28)35(5,6)7)22-40(10)16-15-39(8)9/h11-14,17-21H,15-16,22-23H2,1-10H3,(H,37,41)(H,38,42). The molecule has 0 aliphatic carbocycles. The minimum atomic E-state index is -0.166. The Hall–Kier alpha value is -3.55. The second-order valence-corrected chi connectivity index (χ2v) is 13.8. The monoisotopic (exact) mass is 571 g/mol. The first-order valence-electron chi connectivity index (χ1n) is 14.7. The maximum Gasteiger partial charge on any atom is 0.255 e. The highest BCUT2D eigenvalue weighted by Gasteiger charge is 2.19. The Kier molecular flexibility index (Phi) is 10.7. The Labute approximate surface area is 252 Å². The summed E-state index contributed by atoms with van der Waals surface area (Å²) in [7, 11) is 6.26. The largest absolute Gasteiger partial charge is 0.352 e. The van der Waals surface area contributed by atoms with E-state index in [-0.39, 0.29) is 22.6 Å². The number of likely N-dealkylation sites (N-methyl/N-ethyl adjacent to an activating group) is 2. The number of aryl methyl sites for hydroxylation is 1. The number of anilines is 1. The molecule has 0 bridgehead atoms. The van der Waals surface area contributed by atoms with Gasteiger partial charge in [-0.15, -0.1) is 0 Å². The Morgan fingerprint density at radius 1 is 0.833 bits per heavy atom. The smallest absolute Gasteiger partial charge is 0.255 e. The number of benzene rings is 2. The lowest BCUT2D eigenvalue weighted by Crippen LogP contribution is -2.32. The summed E-state index contributed by atoms with van der Waals surface area (Å²) in [5.41, 5.74) is 6.70. The fraction of sp³-hybridized carbons (Fsp3) is 0.457. The van der Waals surface area contributed by atoms with Gasteiger partial charge in [0.1, 0.15) is 0 Å². The molecule has 0 radical (unpaired) electrons. The van der Waals surface area contributed by atoms with Crippen molar-refractivity contribution in [1.29, 1.82) is 0 Å². The van der Waals surface area contributed by atoms with Crippen LogP contribution in [0, 0.1) is 12.3 Å². The number of amides is 2. The van der Waals surface area contributed by atoms with E-state index >= 15 is 0 Å². The summed E-state index contributed by atoms with van der Waals surface area (Å²) in [6, 6.07) is 15.6. The quantitative estimate of drug-likeness (QED) is 0.295. The molecule has 0 saturated carbocycles. The predicted molar refractivity (Wildman–Crippen MR) is 174 cm³/mol. The topological polar surface area (TPSA) is 77.6 Å². The van der Waals surface area contributed by atoms with Crippen LogP contribution in [0.25, 0.3) is 11.1 Å². The zero-order valence-corrected chi connectivity index (χ0v) is 27.2. The molecular weight excluding hydrogens is 522 g/mol. The van der Waals surface area contributed by atoms with Gasteiger partial charge in [-0.3, -0.25) is 14.6 Å². The molecule has 42 heavy (non-hydrogen) atoms. The summed E-state index contributed by atoms with van der Waals surface area (Å²) in [5.74, 6) is -0.256. The van der Waals surface area contributed by atoms with Crippen molar-refractivity contribution in [3.8, 4) is 11.1 Å². The Balaban J connectivity index is 1.81. The molecule has 226 valence electrons. The lowest BCUT2D eigenvalue weighted by molar-refractivity contribution is 0.0938. The normalized spacial score (nSPS) is 12.1. The minimum absolute atomic E-state index is 0.0150. The van der Waals surface area contributed by atoms with Crippen LogP contribution in [0.2, 0.25) is 0 Å². The zero-order valence-electron chi connectivity index (χ0n) is 27.2. The van der Waals surface area contributed by atoms with E-state index in [2.05, 4.69) is 94.2 Å². The van der Waals surface area contributed by atoms with Crippen LogP contribution in [0.1, 0.15) is 79.1 Å². The number of hydrogen-bond acceptors (Lipinski definition) is 5. The van der Waals surface area contributed by atoms with E-state index in [1.165, 1.54) is 0 Å². The molecule has 3 rings (SSSR count). The van der Waals surface area contributed by atoms with Gasteiger partial charge >= 0.3 is 0 Å². The van der Waals surface area contributed by atoms with Gasteiger partial charge in [0.25, 0.3) is 11.8 Å². The van der Waals surface area contributed by atoms with Crippen LogP contribution < -0.4 is 10.6 Å². The number of hydrogen-bond donors (Lipinski definition) is 2. The first kappa shape index (κ1) is 33.0. The van der Waals surface area contributed by atoms with Crippen molar-refractivity contribution in [2.45, 2.75) is 60.4 Å². The summed E-state index contributed by atoms with van der Waals surface area (Å²) in [4.78, 5) is 35.1. The molecule has 1 heterocycles. The summed E-state index contributed by atoms with van der Waals surface area (Å²) in [5, 5.41) is 6.06. The summed E-state index contributed by atoms with van der Waals surface area (Å²) in [6.45, 7) is 18.0. The molecule has 0 unspecified atom stereocenters. The highest BCUT2D eigenvalue weighted by Crippen LogP contribution is 2.28. The van der Waals surface area contributed by atoms with E-state index in [9.17, 15) is 9.59 Å². The number of carbonyl (C=O) groups is 2. The van der Waals surface area contributed by atoms with Crippen molar-refractivity contribution in [2.24, 2.45) is 5.41 Å². The second-order valence-electron chi connectivity index (χ2n) is 13.8. The molecule has 0 atom stereocenters. The fourth-order valence-corrected chi connectivity index (χ4v) is 4.45. The summed E-state index contributed by atoms with van der Waals surface area (Å²) < 4.78 is 0. The van der Waals surface area contributed by atoms with Gasteiger partial charge in [-0.2, -0.15) is 0 Å². The van der Waals surface area contributed by atoms with Crippen molar-refractivity contribution >= 4 is 17.5 Å². The second kappa shape index (κ2) is 13.6. The van der Waals surface area contributed by atoms with Crippen LogP contribution in [-0.2, 0) is 12.0 Å². The van der Waals surface area contributed by atoms with Gasteiger partial charge in [-0.05, 0) is 85.9 Å². The van der Waals surface area contributed by atoms with Crippen LogP contribution in [0.5, 0.6) is 0 Å². The number of carbonyl (C=O) groups excluding carboxylic acids is 2. The molecule has 0 saturated heterocycles. The Morgan fingerprint density at radius 2 is 1.50 bits per heavy atom. The SMILES string of the molecule is Cc1ncc(NC(=O)c2cc(CN(C)CCN(C)C)cc(C(C)(C)C)c2)cc1-c1ccc(C(=O)NCC(C)(C)C)cc1. The molecule has 0 spiro atoms. The van der Waals surface area contributed by atoms with Crippen molar-refractivity contribution in [2.75, 3.05) is 46.1 Å². The fourth-order valence-electron chi connectivity index (χ4n) is 4.45. The van der Waals surface area contributed by atoms with E-state index in [1.54, 1.807) is 6.20 Å². The first-order chi connectivity index (χ1) is 19.5. The highest BCUT2D eigenvalue weighted by atomic mass is 16.2. The van der Waals surface area contributed by atoms with Crippen LogP contribution in [-0.4, -0.2) is 67.4 Å². The number of rotatable bonds is 10. The highest BCUT2D eigenvalue weighted by molar-refractivity contribution is 6.04. The van der Waals surface area contributed by atoms with Gasteiger partial charge in [-0.1, -0.05) is 59.7 Å². The average Bonchev–Trinajstić information content (AvgIpc) is 2.90. The van der Waals surface area contributed by atoms with E-state index in [0.29, 0.717) is 23.4 Å². The molecule has 2 amide bonds. The Bertz CT molecular complexity index is 1380. The van der Waals surface area contributed by atoms with Crippen LogP contribution in [0.3, 0.4) is 0 Å². The van der Waals surface area contributed by atoms with Gasteiger partial charge in [0.05, 0.1) is 11.9 Å². The third-order valence-electron chi connectivity index (χ3n) is 7.08. The van der Waals surface area contributed by atoms with Crippen LogP contribution in [0.4, 0.5) is 5.69 Å². The van der Waals surface area contributed by atoms with Crippen molar-refractivity contribution < 1.29 is 9.59 Å². The van der Waals surface area contributed by atoms with Crippen molar-refractivity contribution in [3.63, 3.8) is 0 Å². The molecule has 3 aromatic rings. The molecular formula is C35H49N5O2. The molecule has 2 N–H and O–H groups in total. The maximum atomic E-state index is 13.5. The Morgan fingerprint density at radius 3 is 2.10 bits per heavy atom. The first-order valence-corrected chi connectivity index (χ1v) is 14.7. The molecule has 7 nitrogen and oxygen atoms in total. The van der Waals surface area contributed by atoms with E-state index < -0.39 is 0 Å². The third kappa shape index (κ3) is 9.78. The molecule has 1 aromatic heterocycles. The minimum Gasteiger partial charge on any atom is -0.352 e. The lowest BCUT2D eigenvalue weighted by atomic mass is 9.85. The third-order valence-corrected chi connectivity index (χ3v) is 7.08. The van der Waals surface area contributed by atoms with Crippen LogP contribution >= 0.6 is 0 Å². The van der Waals surface area contributed by atoms with E-state index in [4.69, 9.17) is 0 Å². The average molecular weight is 572 g/mol. The lowest BCUT2D eigenvalue weighted by Gasteiger charge is -2.24. The predicted octanol–water partition coefficient (Wildman–Crippen LogP) is 6.38. The van der Waals surface area contributed by atoms with Crippen LogP contribution in [0.15, 0.2) is 54.7 Å². The molecule has 2 aromatic carbocycles. The molecule has 0 aliphatic rings. The summed E-state index contributed by atoms with van der Waals surface area (Å²) in [6.07, 6.45) is 1.69. The van der Waals surface area contributed by atoms with Crippen molar-refractivity contribution in [1.82, 2.24) is 20.1 Å². The number of nitrogens with zero attached hydrogens (tertiary/aromatic N) is 3. The van der Waals surface area contributed by atoms with Gasteiger partial charge in [-0.25, -0.2) is 0 Å². The molecule has 0 fully saturated rings. The number of nitrogens with one attached hydrogen (secondary N) is 2. The summed E-state index contributed by atoms with van der Waals surface area (Å²) >= 11 is 0. The molecule has 7 heteroatoms. The van der Waals surface area contributed by atoms with Gasteiger partial charge in [0.15, 0.2) is 0 Å². The number of aromatic nitrogens is 1. The molecule has 0 aliphatic heterocycles. The van der Waals surface area contributed by atoms with E-state index in [1.807, 2.05) is 49.4 Å². The zero-order chi connectivity index (χ0) is 31.2. The van der Waals surface area contributed by atoms with Gasteiger partial charge in [0, 0.05) is 48.6 Å².